The first-order chi connectivity index (χ1) is 13.3. The fourth-order valence-corrected chi connectivity index (χ4v) is 4.15. The molecule has 28 heavy (non-hydrogen) atoms. The Morgan fingerprint density at radius 2 is 2.25 bits per heavy atom. The molecule has 2 heterocycles. The van der Waals surface area contributed by atoms with Crippen LogP contribution in [-0.4, -0.2) is 39.8 Å². The molecule has 4 rings (SSSR count). The van der Waals surface area contributed by atoms with E-state index in [4.69, 9.17) is 4.74 Å². The normalized spacial score (nSPS) is 27.6. The number of amides is 1. The molecule has 0 bridgehead atoms. The Morgan fingerprint density at radius 3 is 2.93 bits per heavy atom. The van der Waals surface area contributed by atoms with E-state index in [2.05, 4.69) is 20.6 Å². The van der Waals surface area contributed by atoms with Gasteiger partial charge < -0.3 is 20.4 Å². The molecule has 1 saturated carbocycles. The number of halogens is 3. The number of carbonyl (C=O) groups is 1. The molecule has 0 saturated heterocycles. The second-order valence-corrected chi connectivity index (χ2v) is 8.07. The minimum atomic E-state index is -4.45. The Kier molecular flexibility index (Phi) is 4.78. The van der Waals surface area contributed by atoms with Crippen LogP contribution in [0.1, 0.15) is 25.1 Å². The molecule has 6 nitrogen and oxygen atoms in total. The summed E-state index contributed by atoms with van der Waals surface area (Å²) in [6.45, 7) is 0.222. The second-order valence-electron chi connectivity index (χ2n) is 6.95. The summed E-state index contributed by atoms with van der Waals surface area (Å²) in [4.78, 5) is 20.4. The van der Waals surface area contributed by atoms with E-state index in [0.29, 0.717) is 6.42 Å². The summed E-state index contributed by atoms with van der Waals surface area (Å²) < 4.78 is 42.9. The minimum Gasteiger partial charge on any atom is -0.353 e. The number of nitrogens with zero attached hydrogens (tertiary/aromatic N) is 1. The number of fused-ring (bicyclic) bond motifs is 1. The monoisotopic (exact) mass is 412 g/mol. The van der Waals surface area contributed by atoms with Gasteiger partial charge in [0.2, 0.25) is 11.0 Å². The molecule has 1 aromatic carbocycles. The Morgan fingerprint density at radius 1 is 1.46 bits per heavy atom. The van der Waals surface area contributed by atoms with Crippen molar-refractivity contribution in [3.05, 3.63) is 41.7 Å². The molecule has 1 amide bonds. The average molecular weight is 412 g/mol. The first-order valence-corrected chi connectivity index (χ1v) is 9.72. The van der Waals surface area contributed by atoms with E-state index in [1.54, 1.807) is 12.3 Å². The summed E-state index contributed by atoms with van der Waals surface area (Å²) in [5, 5.41) is 5.82. The maximum absolute atomic E-state index is 12.6. The number of hydrogen-bond acceptors (Lipinski definition) is 5. The number of aromatic amines is 1. The van der Waals surface area contributed by atoms with Crippen LogP contribution in [0.15, 0.2) is 35.9 Å². The Balaban J connectivity index is 1.39. The smallest absolute Gasteiger partial charge is 0.353 e. The van der Waals surface area contributed by atoms with Gasteiger partial charge >= 0.3 is 6.18 Å². The molecule has 1 fully saturated rings. The number of nitrogens with one attached hydrogen (secondary N) is 3. The van der Waals surface area contributed by atoms with E-state index < -0.39 is 23.9 Å². The first kappa shape index (κ1) is 19.1. The van der Waals surface area contributed by atoms with Gasteiger partial charge in [0.05, 0.1) is 17.1 Å². The third kappa shape index (κ3) is 3.83. The molecular formula is C18H19F3N4O2S. The van der Waals surface area contributed by atoms with Crippen LogP contribution in [-0.2, 0) is 9.53 Å². The summed E-state index contributed by atoms with van der Waals surface area (Å²) >= 11 is 1.07. The van der Waals surface area contributed by atoms with Crippen molar-refractivity contribution in [3.63, 3.8) is 0 Å². The molecule has 1 aliphatic heterocycles. The molecule has 2 aliphatic rings. The SMILES string of the molecule is CC(NC(=O)[C@@H]1C[C@H]1c1nc2ccccc2[nH]1)C1(OCC(F)(F)F)NC=CS1. The predicted octanol–water partition coefficient (Wildman–Crippen LogP) is 3.21. The van der Waals surface area contributed by atoms with E-state index in [9.17, 15) is 18.0 Å². The molecule has 150 valence electrons. The van der Waals surface area contributed by atoms with Gasteiger partial charge in [-0.05, 0) is 30.9 Å². The van der Waals surface area contributed by atoms with Crippen molar-refractivity contribution in [3.8, 4) is 0 Å². The Labute approximate surface area is 163 Å². The number of H-pyrrole nitrogens is 1. The molecule has 2 aromatic rings. The van der Waals surface area contributed by atoms with Gasteiger partial charge in [-0.1, -0.05) is 23.9 Å². The van der Waals surface area contributed by atoms with E-state index in [1.165, 1.54) is 6.20 Å². The van der Waals surface area contributed by atoms with Crippen LogP contribution < -0.4 is 10.6 Å². The topological polar surface area (TPSA) is 79.0 Å². The van der Waals surface area contributed by atoms with E-state index in [1.807, 2.05) is 24.3 Å². The largest absolute Gasteiger partial charge is 0.411 e. The fraction of sp³-hybridized carbons (Fsp3) is 0.444. The zero-order valence-corrected chi connectivity index (χ0v) is 15.7. The standard InChI is InChI=1S/C18H19F3N4O2S/c1-10(18(22-6-7-28-18)27-9-17(19,20)21)23-16(26)12-8-11(12)15-24-13-4-2-3-5-14(13)25-15/h2-7,10-12,22H,8-9H2,1H3,(H,23,26)(H,24,25)/t10?,11-,12-,18?/m1/s1. The number of hydrogen-bond donors (Lipinski definition) is 3. The quantitative estimate of drug-likeness (QED) is 0.679. The lowest BCUT2D eigenvalue weighted by atomic mass is 10.2. The highest BCUT2D eigenvalue weighted by atomic mass is 32.2. The molecular weight excluding hydrogens is 393 g/mol. The van der Waals surface area contributed by atoms with Crippen LogP contribution in [0.4, 0.5) is 13.2 Å². The first-order valence-electron chi connectivity index (χ1n) is 8.84. The van der Waals surface area contributed by atoms with Gasteiger partial charge in [0.1, 0.15) is 12.4 Å². The number of rotatable bonds is 6. The van der Waals surface area contributed by atoms with Gasteiger partial charge in [0.25, 0.3) is 0 Å². The van der Waals surface area contributed by atoms with Gasteiger partial charge in [-0.3, -0.25) is 4.79 Å². The lowest BCUT2D eigenvalue weighted by Gasteiger charge is -2.35. The van der Waals surface area contributed by atoms with Gasteiger partial charge in [0.15, 0.2) is 0 Å². The summed E-state index contributed by atoms with van der Waals surface area (Å²) in [7, 11) is 0. The van der Waals surface area contributed by atoms with Crippen molar-refractivity contribution in [1.82, 2.24) is 20.6 Å². The van der Waals surface area contributed by atoms with E-state index >= 15 is 0 Å². The lowest BCUT2D eigenvalue weighted by Crippen LogP contribution is -2.57. The van der Waals surface area contributed by atoms with Crippen molar-refractivity contribution in [2.45, 2.75) is 36.5 Å². The van der Waals surface area contributed by atoms with Crippen LogP contribution >= 0.6 is 11.8 Å². The van der Waals surface area contributed by atoms with Crippen LogP contribution in [0.3, 0.4) is 0 Å². The third-order valence-electron chi connectivity index (χ3n) is 4.86. The number of aromatic nitrogens is 2. The molecule has 4 atom stereocenters. The number of carbonyl (C=O) groups excluding carboxylic acids is 1. The van der Waals surface area contributed by atoms with Crippen LogP contribution in [0.25, 0.3) is 11.0 Å². The van der Waals surface area contributed by atoms with Crippen molar-refractivity contribution in [1.29, 1.82) is 0 Å². The number of imidazole rings is 1. The van der Waals surface area contributed by atoms with Crippen molar-refractivity contribution >= 4 is 28.7 Å². The number of ether oxygens (including phenoxy) is 1. The van der Waals surface area contributed by atoms with Crippen molar-refractivity contribution in [2.24, 2.45) is 5.92 Å². The number of para-hydroxylation sites is 2. The number of alkyl halides is 3. The summed E-state index contributed by atoms with van der Waals surface area (Å²) in [6.07, 6.45) is -2.30. The van der Waals surface area contributed by atoms with Crippen molar-refractivity contribution in [2.75, 3.05) is 6.61 Å². The van der Waals surface area contributed by atoms with Crippen LogP contribution in [0, 0.1) is 5.92 Å². The van der Waals surface area contributed by atoms with Gasteiger partial charge in [0, 0.05) is 18.0 Å². The highest BCUT2D eigenvalue weighted by Gasteiger charge is 2.49. The predicted molar refractivity (Wildman–Crippen MR) is 99.2 cm³/mol. The Hall–Kier alpha value is -2.20. The molecule has 0 radical (unpaired) electrons. The van der Waals surface area contributed by atoms with E-state index in [-0.39, 0.29) is 17.7 Å². The number of thioether (sulfide) groups is 1. The molecule has 1 aliphatic carbocycles. The average Bonchev–Trinajstić information content (AvgIpc) is 3.10. The van der Waals surface area contributed by atoms with Crippen LogP contribution in [0.2, 0.25) is 0 Å². The molecule has 3 N–H and O–H groups in total. The molecule has 10 heteroatoms. The molecule has 1 aromatic heterocycles. The summed E-state index contributed by atoms with van der Waals surface area (Å²) in [5.74, 6) is 0.255. The third-order valence-corrected chi connectivity index (χ3v) is 6.07. The summed E-state index contributed by atoms with van der Waals surface area (Å²) in [5.41, 5.74) is 1.75. The maximum atomic E-state index is 12.6. The lowest BCUT2D eigenvalue weighted by molar-refractivity contribution is -0.195. The van der Waals surface area contributed by atoms with Gasteiger partial charge in [-0.2, -0.15) is 13.2 Å². The second kappa shape index (κ2) is 7.00. The Bertz CT molecular complexity index is 873. The fourth-order valence-electron chi connectivity index (χ4n) is 3.29. The van der Waals surface area contributed by atoms with Crippen LogP contribution in [0.5, 0.6) is 0 Å². The van der Waals surface area contributed by atoms with E-state index in [0.717, 1.165) is 28.6 Å². The maximum Gasteiger partial charge on any atom is 0.411 e. The molecule has 0 spiro atoms. The van der Waals surface area contributed by atoms with Crippen molar-refractivity contribution < 1.29 is 22.7 Å². The minimum absolute atomic E-state index is 0.0195. The molecule has 2 unspecified atom stereocenters. The highest BCUT2D eigenvalue weighted by molar-refractivity contribution is 8.03. The zero-order chi connectivity index (χ0) is 19.9. The highest BCUT2D eigenvalue weighted by Crippen LogP contribution is 2.47. The van der Waals surface area contributed by atoms with Gasteiger partial charge in [-0.25, -0.2) is 4.98 Å². The zero-order valence-electron chi connectivity index (χ0n) is 14.9. The summed E-state index contributed by atoms with van der Waals surface area (Å²) in [6, 6.07) is 6.94. The number of benzene rings is 1. The van der Waals surface area contributed by atoms with Gasteiger partial charge in [-0.15, -0.1) is 0 Å².